The number of anilines is 2. The SMILES string of the molecule is COc1ccc(C)cc1NC(=O)[C@@H](C)OC(=O)Cc1csc(N2CCCC2=O)n1. The second kappa shape index (κ2) is 9.04. The van der Waals surface area contributed by atoms with E-state index in [2.05, 4.69) is 10.3 Å². The maximum absolute atomic E-state index is 12.4. The predicted octanol–water partition coefficient (Wildman–Crippen LogP) is 2.70. The summed E-state index contributed by atoms with van der Waals surface area (Å²) < 4.78 is 10.5. The van der Waals surface area contributed by atoms with E-state index in [1.807, 2.05) is 13.0 Å². The van der Waals surface area contributed by atoms with Gasteiger partial charge in [0.2, 0.25) is 5.91 Å². The molecule has 3 rings (SSSR count). The Kier molecular flexibility index (Phi) is 6.48. The van der Waals surface area contributed by atoms with E-state index in [4.69, 9.17) is 9.47 Å². The molecule has 0 aliphatic carbocycles. The van der Waals surface area contributed by atoms with Crippen molar-refractivity contribution in [2.24, 2.45) is 0 Å². The number of methoxy groups -OCH3 is 1. The van der Waals surface area contributed by atoms with Crippen molar-refractivity contribution in [1.82, 2.24) is 4.98 Å². The molecule has 2 heterocycles. The lowest BCUT2D eigenvalue weighted by Gasteiger charge is -2.15. The highest BCUT2D eigenvalue weighted by Gasteiger charge is 2.25. The lowest BCUT2D eigenvalue weighted by Crippen LogP contribution is -2.30. The Morgan fingerprint density at radius 3 is 2.86 bits per heavy atom. The molecule has 1 aliphatic heterocycles. The summed E-state index contributed by atoms with van der Waals surface area (Å²) in [6.07, 6.45) is 0.291. The molecular formula is C20H23N3O5S. The largest absolute Gasteiger partial charge is 0.495 e. The highest BCUT2D eigenvalue weighted by atomic mass is 32.1. The number of aromatic nitrogens is 1. The van der Waals surface area contributed by atoms with Crippen LogP contribution in [0.4, 0.5) is 10.8 Å². The van der Waals surface area contributed by atoms with Gasteiger partial charge in [-0.3, -0.25) is 19.3 Å². The quantitative estimate of drug-likeness (QED) is 0.696. The topological polar surface area (TPSA) is 97.8 Å². The lowest BCUT2D eigenvalue weighted by atomic mass is 10.2. The van der Waals surface area contributed by atoms with Crippen molar-refractivity contribution in [2.75, 3.05) is 23.9 Å². The monoisotopic (exact) mass is 417 g/mol. The molecule has 1 fully saturated rings. The van der Waals surface area contributed by atoms with Gasteiger partial charge in [-0.05, 0) is 38.0 Å². The molecule has 154 valence electrons. The number of aryl methyl sites for hydroxylation is 1. The average molecular weight is 417 g/mol. The van der Waals surface area contributed by atoms with E-state index in [1.165, 1.54) is 25.4 Å². The van der Waals surface area contributed by atoms with Gasteiger partial charge in [-0.25, -0.2) is 4.98 Å². The van der Waals surface area contributed by atoms with Crippen LogP contribution in [0.3, 0.4) is 0 Å². The van der Waals surface area contributed by atoms with Gasteiger partial charge in [0.15, 0.2) is 11.2 Å². The number of carbonyl (C=O) groups is 3. The second-order valence-corrected chi connectivity index (χ2v) is 7.61. The van der Waals surface area contributed by atoms with Crippen LogP contribution in [0.2, 0.25) is 0 Å². The van der Waals surface area contributed by atoms with Crippen LogP contribution in [-0.4, -0.2) is 42.5 Å². The average Bonchev–Trinajstić information content (AvgIpc) is 3.30. The van der Waals surface area contributed by atoms with Gasteiger partial charge in [0, 0.05) is 18.3 Å². The standard InChI is InChI=1S/C20H23N3O5S/c1-12-6-7-16(27-3)15(9-12)22-19(26)13(2)28-18(25)10-14-11-29-20(21-14)23-8-4-5-17(23)24/h6-7,9,11,13H,4-5,8,10H2,1-3H3,(H,22,26)/t13-/m1/s1. The number of nitrogens with one attached hydrogen (secondary N) is 1. The van der Waals surface area contributed by atoms with E-state index in [0.29, 0.717) is 35.2 Å². The molecule has 0 spiro atoms. The Labute approximate surface area is 172 Å². The maximum atomic E-state index is 12.4. The molecule has 0 saturated carbocycles. The Morgan fingerprint density at radius 2 is 2.17 bits per heavy atom. The summed E-state index contributed by atoms with van der Waals surface area (Å²) in [5.74, 6) is -0.448. The van der Waals surface area contributed by atoms with Gasteiger partial charge in [-0.2, -0.15) is 0 Å². The normalized spacial score (nSPS) is 14.6. The first-order valence-electron chi connectivity index (χ1n) is 9.27. The number of nitrogens with zero attached hydrogens (tertiary/aromatic N) is 2. The van der Waals surface area contributed by atoms with Crippen LogP contribution in [0.5, 0.6) is 5.75 Å². The highest BCUT2D eigenvalue weighted by molar-refractivity contribution is 7.14. The molecule has 9 heteroatoms. The van der Waals surface area contributed by atoms with Crippen LogP contribution >= 0.6 is 11.3 Å². The van der Waals surface area contributed by atoms with E-state index >= 15 is 0 Å². The first-order valence-corrected chi connectivity index (χ1v) is 10.1. The van der Waals surface area contributed by atoms with E-state index in [9.17, 15) is 14.4 Å². The molecule has 0 bridgehead atoms. The second-order valence-electron chi connectivity index (χ2n) is 6.77. The van der Waals surface area contributed by atoms with E-state index < -0.39 is 18.0 Å². The van der Waals surface area contributed by atoms with E-state index in [-0.39, 0.29) is 12.3 Å². The molecule has 1 saturated heterocycles. The van der Waals surface area contributed by atoms with Gasteiger partial charge in [0.1, 0.15) is 5.75 Å². The third kappa shape index (κ3) is 5.11. The molecular weight excluding hydrogens is 394 g/mol. The zero-order valence-electron chi connectivity index (χ0n) is 16.6. The molecule has 0 unspecified atom stereocenters. The van der Waals surface area contributed by atoms with Crippen LogP contribution in [0.25, 0.3) is 0 Å². The molecule has 8 nitrogen and oxygen atoms in total. The Balaban J connectivity index is 1.55. The van der Waals surface area contributed by atoms with Crippen LogP contribution < -0.4 is 15.0 Å². The highest BCUT2D eigenvalue weighted by Crippen LogP contribution is 2.26. The van der Waals surface area contributed by atoms with Crippen LogP contribution in [0, 0.1) is 6.92 Å². The van der Waals surface area contributed by atoms with Crippen molar-refractivity contribution in [3.05, 3.63) is 34.8 Å². The minimum Gasteiger partial charge on any atom is -0.495 e. The summed E-state index contributed by atoms with van der Waals surface area (Å²) in [6.45, 7) is 4.05. The molecule has 1 aliphatic rings. The van der Waals surface area contributed by atoms with Crippen molar-refractivity contribution >= 4 is 39.9 Å². The summed E-state index contributed by atoms with van der Waals surface area (Å²) in [6, 6.07) is 5.41. The lowest BCUT2D eigenvalue weighted by molar-refractivity contribution is -0.152. The third-order valence-electron chi connectivity index (χ3n) is 4.46. The summed E-state index contributed by atoms with van der Waals surface area (Å²) >= 11 is 1.32. The van der Waals surface area contributed by atoms with Gasteiger partial charge in [0.25, 0.3) is 5.91 Å². The molecule has 1 N–H and O–H groups in total. The first-order chi connectivity index (χ1) is 13.9. The Bertz CT molecular complexity index is 927. The number of amides is 2. The van der Waals surface area contributed by atoms with Gasteiger partial charge < -0.3 is 14.8 Å². The smallest absolute Gasteiger partial charge is 0.312 e. The van der Waals surface area contributed by atoms with Crippen molar-refractivity contribution in [2.45, 2.75) is 39.2 Å². The fourth-order valence-electron chi connectivity index (χ4n) is 2.95. The van der Waals surface area contributed by atoms with E-state index in [1.54, 1.807) is 22.4 Å². The number of thiazole rings is 1. The van der Waals surface area contributed by atoms with Crippen molar-refractivity contribution in [3.63, 3.8) is 0 Å². The minimum atomic E-state index is -0.981. The van der Waals surface area contributed by atoms with Gasteiger partial charge >= 0.3 is 5.97 Å². The fourth-order valence-corrected chi connectivity index (χ4v) is 3.81. The zero-order chi connectivity index (χ0) is 21.0. The number of hydrogen-bond donors (Lipinski definition) is 1. The number of esters is 1. The molecule has 2 amide bonds. The third-order valence-corrected chi connectivity index (χ3v) is 5.37. The molecule has 29 heavy (non-hydrogen) atoms. The fraction of sp³-hybridized carbons (Fsp3) is 0.400. The van der Waals surface area contributed by atoms with E-state index in [0.717, 1.165) is 12.0 Å². The zero-order valence-corrected chi connectivity index (χ0v) is 17.4. The molecule has 1 aromatic heterocycles. The molecule has 2 aromatic rings. The number of rotatable bonds is 7. The minimum absolute atomic E-state index is 0.0466. The molecule has 1 atom stereocenters. The van der Waals surface area contributed by atoms with Crippen LogP contribution in [0.15, 0.2) is 23.6 Å². The van der Waals surface area contributed by atoms with Gasteiger partial charge in [-0.1, -0.05) is 6.07 Å². The van der Waals surface area contributed by atoms with Gasteiger partial charge in [-0.15, -0.1) is 11.3 Å². The van der Waals surface area contributed by atoms with Crippen LogP contribution in [0.1, 0.15) is 31.0 Å². The number of ether oxygens (including phenoxy) is 2. The van der Waals surface area contributed by atoms with Crippen molar-refractivity contribution in [1.29, 1.82) is 0 Å². The Hall–Kier alpha value is -2.94. The van der Waals surface area contributed by atoms with Crippen molar-refractivity contribution < 1.29 is 23.9 Å². The number of benzene rings is 1. The summed E-state index contributed by atoms with van der Waals surface area (Å²) in [7, 11) is 1.52. The number of hydrogen-bond acceptors (Lipinski definition) is 7. The molecule has 0 radical (unpaired) electrons. The summed E-state index contributed by atoms with van der Waals surface area (Å²) in [5.41, 5.74) is 1.99. The Morgan fingerprint density at radius 1 is 1.38 bits per heavy atom. The molecule has 1 aromatic carbocycles. The predicted molar refractivity (Wildman–Crippen MR) is 109 cm³/mol. The number of carbonyl (C=O) groups excluding carboxylic acids is 3. The van der Waals surface area contributed by atoms with Gasteiger partial charge in [0.05, 0.1) is 24.9 Å². The summed E-state index contributed by atoms with van der Waals surface area (Å²) in [5, 5.41) is 5.04. The van der Waals surface area contributed by atoms with Crippen LogP contribution in [-0.2, 0) is 25.5 Å². The van der Waals surface area contributed by atoms with Crippen molar-refractivity contribution in [3.8, 4) is 5.75 Å². The summed E-state index contributed by atoms with van der Waals surface area (Å²) in [4.78, 5) is 42.4. The first kappa shape index (κ1) is 20.8. The maximum Gasteiger partial charge on any atom is 0.312 e.